The Balaban J connectivity index is 1.24. The molecule has 33 heavy (non-hydrogen) atoms. The van der Waals surface area contributed by atoms with Crippen molar-refractivity contribution in [3.8, 4) is 0 Å². The Bertz CT molecular complexity index is 1330. The lowest BCUT2D eigenvalue weighted by atomic mass is 10.1. The van der Waals surface area contributed by atoms with Gasteiger partial charge in [0.25, 0.3) is 0 Å². The molecule has 0 radical (unpaired) electrons. The lowest BCUT2D eigenvalue weighted by Gasteiger charge is -2.19. The van der Waals surface area contributed by atoms with E-state index in [1.54, 1.807) is 24.3 Å². The highest BCUT2D eigenvalue weighted by molar-refractivity contribution is 8.00. The van der Waals surface area contributed by atoms with Gasteiger partial charge in [-0.1, -0.05) is 60.7 Å². The second-order valence-electron chi connectivity index (χ2n) is 8.03. The Kier molecular flexibility index (Phi) is 6.03. The van der Waals surface area contributed by atoms with Crippen LogP contribution in [0.15, 0.2) is 84.9 Å². The predicted octanol–water partition coefficient (Wildman–Crippen LogP) is 5.20. The molecule has 0 aromatic heterocycles. The van der Waals surface area contributed by atoms with Crippen LogP contribution in [0.2, 0.25) is 0 Å². The summed E-state index contributed by atoms with van der Waals surface area (Å²) >= 11 is 1.25. The van der Waals surface area contributed by atoms with Gasteiger partial charge >= 0.3 is 11.9 Å². The number of esters is 2. The van der Waals surface area contributed by atoms with Crippen molar-refractivity contribution in [3.05, 3.63) is 96.1 Å². The molecule has 166 valence electrons. The van der Waals surface area contributed by atoms with E-state index in [0.717, 1.165) is 21.5 Å². The molecule has 6 heteroatoms. The predicted molar refractivity (Wildman–Crippen MR) is 129 cm³/mol. The Labute approximate surface area is 195 Å². The first-order valence-corrected chi connectivity index (χ1v) is 11.7. The van der Waals surface area contributed by atoms with Crippen LogP contribution in [-0.2, 0) is 9.47 Å². The number of thioether (sulfide) groups is 1. The molecule has 1 aliphatic rings. The zero-order chi connectivity index (χ0) is 22.8. The molecule has 0 saturated carbocycles. The van der Waals surface area contributed by atoms with Gasteiger partial charge < -0.3 is 14.6 Å². The lowest BCUT2D eigenvalue weighted by Crippen LogP contribution is -2.29. The lowest BCUT2D eigenvalue weighted by molar-refractivity contribution is 0.0178. The van der Waals surface area contributed by atoms with Gasteiger partial charge in [0.05, 0.1) is 16.4 Å². The monoisotopic (exact) mass is 458 g/mol. The molecule has 3 atom stereocenters. The summed E-state index contributed by atoms with van der Waals surface area (Å²) in [6.07, 6.45) is -0.254. The Morgan fingerprint density at radius 1 is 0.788 bits per heavy atom. The number of carbonyl (C=O) groups is 2. The van der Waals surface area contributed by atoms with E-state index in [2.05, 4.69) is 0 Å². The van der Waals surface area contributed by atoms with E-state index in [0.29, 0.717) is 17.5 Å². The van der Waals surface area contributed by atoms with Crippen molar-refractivity contribution in [3.63, 3.8) is 0 Å². The number of hydrogen-bond donors (Lipinski definition) is 1. The van der Waals surface area contributed by atoms with Gasteiger partial charge in [-0.25, -0.2) is 9.59 Å². The van der Waals surface area contributed by atoms with Crippen molar-refractivity contribution in [1.82, 2.24) is 0 Å². The van der Waals surface area contributed by atoms with E-state index in [4.69, 9.17) is 9.47 Å². The third-order valence-corrected chi connectivity index (χ3v) is 7.08. The third kappa shape index (κ3) is 4.72. The van der Waals surface area contributed by atoms with Crippen molar-refractivity contribution in [2.24, 2.45) is 0 Å². The zero-order valence-corrected chi connectivity index (χ0v) is 18.5. The quantitative estimate of drug-likeness (QED) is 0.415. The van der Waals surface area contributed by atoms with Gasteiger partial charge in [0, 0.05) is 6.42 Å². The number of ether oxygens (including phenoxy) is 2. The Hall–Kier alpha value is -3.35. The van der Waals surface area contributed by atoms with Crippen molar-refractivity contribution in [2.45, 2.75) is 23.2 Å². The topological polar surface area (TPSA) is 72.8 Å². The highest BCUT2D eigenvalue weighted by Gasteiger charge is 2.38. The molecule has 1 saturated heterocycles. The zero-order valence-electron chi connectivity index (χ0n) is 17.7. The van der Waals surface area contributed by atoms with Crippen LogP contribution in [0, 0.1) is 0 Å². The average molecular weight is 459 g/mol. The fourth-order valence-electron chi connectivity index (χ4n) is 4.05. The van der Waals surface area contributed by atoms with Crippen LogP contribution in [0.1, 0.15) is 27.1 Å². The molecule has 4 aromatic rings. The SMILES string of the molecule is O=C(OC[C@H]1SC(O)C[C@H]1OC(=O)c1ccc2ccccc2c1)c1ccc2ccccc2c1. The standard InChI is InChI=1S/C27H22O5S/c28-25-15-23(32-27(30)22-12-10-18-6-2-4-8-20(18)14-22)24(33-25)16-31-26(29)21-11-9-17-5-1-3-7-19(17)13-21/h1-14,23-25,28H,15-16H2/t23-,24-,25?/m1/s1. The van der Waals surface area contributed by atoms with Crippen molar-refractivity contribution in [1.29, 1.82) is 0 Å². The fourth-order valence-corrected chi connectivity index (χ4v) is 5.24. The minimum atomic E-state index is -0.677. The van der Waals surface area contributed by atoms with Gasteiger partial charge in [-0.05, 0) is 45.8 Å². The number of aliphatic hydroxyl groups excluding tert-OH is 1. The molecule has 0 bridgehead atoms. The largest absolute Gasteiger partial charge is 0.461 e. The average Bonchev–Trinajstić information content (AvgIpc) is 3.20. The second kappa shape index (κ2) is 9.25. The molecule has 1 aliphatic heterocycles. The van der Waals surface area contributed by atoms with Crippen LogP contribution < -0.4 is 0 Å². The highest BCUT2D eigenvalue weighted by atomic mass is 32.2. The minimum absolute atomic E-state index is 0.0447. The van der Waals surface area contributed by atoms with Crippen LogP contribution in [0.25, 0.3) is 21.5 Å². The first-order valence-electron chi connectivity index (χ1n) is 10.8. The molecule has 5 nitrogen and oxygen atoms in total. The number of benzene rings is 4. The molecule has 1 N–H and O–H groups in total. The van der Waals surface area contributed by atoms with Crippen LogP contribution in [0.5, 0.6) is 0 Å². The van der Waals surface area contributed by atoms with E-state index in [-0.39, 0.29) is 11.9 Å². The summed E-state index contributed by atoms with van der Waals surface area (Å²) < 4.78 is 11.2. The van der Waals surface area contributed by atoms with Gasteiger partial charge in [-0.2, -0.15) is 0 Å². The van der Waals surface area contributed by atoms with Crippen LogP contribution in [-0.4, -0.2) is 40.4 Å². The van der Waals surface area contributed by atoms with Gasteiger partial charge in [-0.3, -0.25) is 0 Å². The Morgan fingerprint density at radius 3 is 1.94 bits per heavy atom. The van der Waals surface area contributed by atoms with Crippen molar-refractivity contribution in [2.75, 3.05) is 6.61 Å². The molecule has 0 amide bonds. The Morgan fingerprint density at radius 2 is 1.33 bits per heavy atom. The van der Waals surface area contributed by atoms with Crippen LogP contribution >= 0.6 is 11.8 Å². The summed E-state index contributed by atoms with van der Waals surface area (Å²) in [5.41, 5.74) is 0.234. The highest BCUT2D eigenvalue weighted by Crippen LogP contribution is 2.35. The molecule has 1 unspecified atom stereocenters. The maximum absolute atomic E-state index is 12.8. The molecular weight excluding hydrogens is 436 g/mol. The molecule has 0 aliphatic carbocycles. The van der Waals surface area contributed by atoms with Crippen LogP contribution in [0.3, 0.4) is 0 Å². The molecule has 1 heterocycles. The van der Waals surface area contributed by atoms with Crippen molar-refractivity contribution < 1.29 is 24.2 Å². The van der Waals surface area contributed by atoms with Crippen molar-refractivity contribution >= 4 is 45.2 Å². The summed E-state index contributed by atoms with van der Waals surface area (Å²) in [5.74, 6) is -0.895. The van der Waals surface area contributed by atoms with Crippen LogP contribution in [0.4, 0.5) is 0 Å². The van der Waals surface area contributed by atoms with E-state index in [1.165, 1.54) is 11.8 Å². The fraction of sp³-hybridized carbons (Fsp3) is 0.185. The first-order chi connectivity index (χ1) is 16.1. The third-order valence-electron chi connectivity index (χ3n) is 5.79. The van der Waals surface area contributed by atoms with E-state index in [1.807, 2.05) is 60.7 Å². The van der Waals surface area contributed by atoms with E-state index in [9.17, 15) is 14.7 Å². The molecule has 5 rings (SSSR count). The summed E-state index contributed by atoms with van der Waals surface area (Å²) in [6.45, 7) is 0.0447. The normalized spacial score (nSPS) is 20.1. The maximum atomic E-state index is 12.8. The number of fused-ring (bicyclic) bond motifs is 2. The number of hydrogen-bond acceptors (Lipinski definition) is 6. The number of rotatable bonds is 5. The smallest absolute Gasteiger partial charge is 0.338 e. The van der Waals surface area contributed by atoms with E-state index >= 15 is 0 Å². The van der Waals surface area contributed by atoms with Gasteiger partial charge in [0.2, 0.25) is 0 Å². The molecular formula is C27H22O5S. The molecule has 1 fully saturated rings. The molecule has 4 aromatic carbocycles. The minimum Gasteiger partial charge on any atom is -0.461 e. The number of carbonyl (C=O) groups excluding carboxylic acids is 2. The maximum Gasteiger partial charge on any atom is 0.338 e. The summed E-state index contributed by atoms with van der Waals surface area (Å²) in [5, 5.41) is 13.8. The summed E-state index contributed by atoms with van der Waals surface area (Å²) in [4.78, 5) is 25.4. The van der Waals surface area contributed by atoms with Gasteiger partial charge in [-0.15, -0.1) is 11.8 Å². The van der Waals surface area contributed by atoms with E-state index < -0.39 is 23.5 Å². The number of aliphatic hydroxyl groups is 1. The van der Waals surface area contributed by atoms with Gasteiger partial charge in [0.15, 0.2) is 0 Å². The van der Waals surface area contributed by atoms with Gasteiger partial charge in [0.1, 0.15) is 18.1 Å². The first kappa shape index (κ1) is 21.5. The second-order valence-corrected chi connectivity index (χ2v) is 9.45. The summed E-state index contributed by atoms with van der Waals surface area (Å²) in [7, 11) is 0. The molecule has 0 spiro atoms. The summed E-state index contributed by atoms with van der Waals surface area (Å²) in [6, 6.07) is 26.4.